The number of carbonyl (C=O) groups excluding carboxylic acids is 3. The van der Waals surface area contributed by atoms with Gasteiger partial charge in [0.15, 0.2) is 11.5 Å². The lowest BCUT2D eigenvalue weighted by atomic mass is 10.1. The average molecular weight is 428 g/mol. The van der Waals surface area contributed by atoms with Gasteiger partial charge in [0.1, 0.15) is 12.1 Å². The number of ether oxygens (including phenoxy) is 3. The van der Waals surface area contributed by atoms with E-state index in [4.69, 9.17) is 25.8 Å². The van der Waals surface area contributed by atoms with Gasteiger partial charge < -0.3 is 14.2 Å². The van der Waals surface area contributed by atoms with Gasteiger partial charge in [0.2, 0.25) is 0 Å². The lowest BCUT2D eigenvalue weighted by molar-refractivity contribution is -0.156. The quantitative estimate of drug-likeness (QED) is 0.498. The highest BCUT2D eigenvalue weighted by molar-refractivity contribution is 8.18. The van der Waals surface area contributed by atoms with Gasteiger partial charge in [0, 0.05) is 0 Å². The largest absolute Gasteiger partial charge is 0.491 e. The Morgan fingerprint density at radius 3 is 2.54 bits per heavy atom. The maximum Gasteiger partial charge on any atom is 0.326 e. The number of methoxy groups -OCH3 is 1. The second-order valence-electron chi connectivity index (χ2n) is 6.82. The smallest absolute Gasteiger partial charge is 0.326 e. The number of esters is 1. The Balaban J connectivity index is 2.25. The van der Waals surface area contributed by atoms with E-state index >= 15 is 0 Å². The fourth-order valence-electron chi connectivity index (χ4n) is 2.42. The first kappa shape index (κ1) is 22.1. The van der Waals surface area contributed by atoms with E-state index in [2.05, 4.69) is 0 Å². The van der Waals surface area contributed by atoms with Crippen LogP contribution < -0.4 is 9.47 Å². The number of nitrogens with zero attached hydrogens (tertiary/aromatic N) is 1. The van der Waals surface area contributed by atoms with Gasteiger partial charge >= 0.3 is 5.97 Å². The van der Waals surface area contributed by atoms with Gasteiger partial charge in [-0.15, -0.1) is 0 Å². The van der Waals surface area contributed by atoms with Crippen LogP contribution in [0.2, 0.25) is 5.02 Å². The number of amides is 2. The van der Waals surface area contributed by atoms with Crippen LogP contribution in [0.4, 0.5) is 4.79 Å². The predicted octanol–water partition coefficient (Wildman–Crippen LogP) is 4.13. The molecule has 9 heteroatoms. The second-order valence-corrected chi connectivity index (χ2v) is 8.22. The summed E-state index contributed by atoms with van der Waals surface area (Å²) < 4.78 is 15.9. The Labute approximate surface area is 172 Å². The van der Waals surface area contributed by atoms with Gasteiger partial charge in [-0.2, -0.15) is 0 Å². The van der Waals surface area contributed by atoms with Crippen molar-refractivity contribution in [2.45, 2.75) is 33.3 Å². The summed E-state index contributed by atoms with van der Waals surface area (Å²) in [5.74, 6) is -0.400. The number of hydrogen-bond acceptors (Lipinski definition) is 7. The summed E-state index contributed by atoms with van der Waals surface area (Å²) in [5.41, 5.74) is -0.137. The molecule has 0 aliphatic carbocycles. The van der Waals surface area contributed by atoms with Gasteiger partial charge in [-0.1, -0.05) is 11.6 Å². The Morgan fingerprint density at radius 1 is 1.29 bits per heavy atom. The zero-order chi connectivity index (χ0) is 21.1. The van der Waals surface area contributed by atoms with Gasteiger partial charge in [0.05, 0.1) is 23.6 Å². The first-order chi connectivity index (χ1) is 13.1. The third-order valence-corrected chi connectivity index (χ3v) is 4.60. The number of halogens is 1. The molecule has 1 heterocycles. The summed E-state index contributed by atoms with van der Waals surface area (Å²) in [6, 6.07) is 3.26. The molecule has 0 bridgehead atoms. The molecule has 2 rings (SSSR count). The van der Waals surface area contributed by atoms with E-state index in [-0.39, 0.29) is 4.91 Å². The summed E-state index contributed by atoms with van der Waals surface area (Å²) >= 11 is 6.96. The van der Waals surface area contributed by atoms with E-state index in [1.165, 1.54) is 13.2 Å². The Hall–Kier alpha value is -2.19. The molecule has 1 saturated heterocycles. The topological polar surface area (TPSA) is 82.1 Å². The summed E-state index contributed by atoms with van der Waals surface area (Å²) in [7, 11) is 1.48. The second kappa shape index (κ2) is 8.87. The number of hydrogen-bond donors (Lipinski definition) is 0. The first-order valence-corrected chi connectivity index (χ1v) is 9.72. The Bertz CT molecular complexity index is 830. The molecular weight excluding hydrogens is 406 g/mol. The lowest BCUT2D eigenvalue weighted by Gasteiger charge is -2.21. The molecule has 152 valence electrons. The van der Waals surface area contributed by atoms with Crippen LogP contribution in [0.15, 0.2) is 17.0 Å². The molecule has 28 heavy (non-hydrogen) atoms. The normalized spacial score (nSPS) is 15.9. The summed E-state index contributed by atoms with van der Waals surface area (Å²) in [6.07, 6.45) is 1.52. The molecule has 1 aliphatic heterocycles. The molecule has 7 nitrogen and oxygen atoms in total. The van der Waals surface area contributed by atoms with Gasteiger partial charge in [-0.05, 0) is 63.2 Å². The van der Waals surface area contributed by atoms with Crippen molar-refractivity contribution in [2.75, 3.05) is 20.3 Å². The first-order valence-electron chi connectivity index (χ1n) is 8.53. The molecule has 1 aliphatic rings. The highest BCUT2D eigenvalue weighted by atomic mass is 35.5. The van der Waals surface area contributed by atoms with Gasteiger partial charge in [0.25, 0.3) is 11.1 Å². The monoisotopic (exact) mass is 427 g/mol. The number of rotatable bonds is 6. The summed E-state index contributed by atoms with van der Waals surface area (Å²) in [6.45, 7) is 6.92. The highest BCUT2D eigenvalue weighted by Gasteiger charge is 2.37. The molecule has 0 spiro atoms. The van der Waals surface area contributed by atoms with Crippen LogP contribution in [0.5, 0.6) is 11.5 Å². The van der Waals surface area contributed by atoms with Crippen molar-refractivity contribution >= 4 is 46.6 Å². The van der Waals surface area contributed by atoms with Crippen LogP contribution in [0.25, 0.3) is 6.08 Å². The average Bonchev–Trinajstić information content (AvgIpc) is 2.81. The molecule has 0 N–H and O–H groups in total. The zero-order valence-electron chi connectivity index (χ0n) is 16.3. The third kappa shape index (κ3) is 5.42. The number of thioether (sulfide) groups is 1. The van der Waals surface area contributed by atoms with Crippen LogP contribution in [0.3, 0.4) is 0 Å². The van der Waals surface area contributed by atoms with E-state index in [0.717, 1.165) is 16.7 Å². The maximum absolute atomic E-state index is 12.6. The van der Waals surface area contributed by atoms with Crippen LogP contribution in [-0.2, 0) is 14.3 Å². The van der Waals surface area contributed by atoms with Gasteiger partial charge in [-0.3, -0.25) is 19.3 Å². The predicted molar refractivity (Wildman–Crippen MR) is 108 cm³/mol. The highest BCUT2D eigenvalue weighted by Crippen LogP contribution is 2.38. The van der Waals surface area contributed by atoms with Crippen molar-refractivity contribution < 1.29 is 28.6 Å². The van der Waals surface area contributed by atoms with Crippen LogP contribution >= 0.6 is 23.4 Å². The zero-order valence-corrected chi connectivity index (χ0v) is 17.9. The standard InChI is InChI=1S/C19H22ClNO6S/c1-6-26-13-8-11(7-12(20)16(13)25-5)9-14-17(23)21(18(24)28-14)10-15(22)27-19(2,3)4/h7-9H,6,10H2,1-5H3. The minimum Gasteiger partial charge on any atom is -0.491 e. The van der Waals surface area contributed by atoms with Crippen molar-refractivity contribution in [3.8, 4) is 11.5 Å². The fraction of sp³-hybridized carbons (Fsp3) is 0.421. The van der Waals surface area contributed by atoms with Crippen molar-refractivity contribution in [3.63, 3.8) is 0 Å². The fourth-order valence-corrected chi connectivity index (χ4v) is 3.56. The Morgan fingerprint density at radius 2 is 1.96 bits per heavy atom. The maximum atomic E-state index is 12.6. The van der Waals surface area contributed by atoms with Crippen LogP contribution in [0, 0.1) is 0 Å². The van der Waals surface area contributed by atoms with Crippen molar-refractivity contribution in [1.29, 1.82) is 0 Å². The molecule has 0 unspecified atom stereocenters. The molecule has 1 fully saturated rings. The molecule has 1 aromatic carbocycles. The SMILES string of the molecule is CCOc1cc(C=C2SC(=O)N(CC(=O)OC(C)(C)C)C2=O)cc(Cl)c1OC. The number of imide groups is 1. The van der Waals surface area contributed by atoms with Crippen LogP contribution in [0.1, 0.15) is 33.3 Å². The van der Waals surface area contributed by atoms with E-state index in [9.17, 15) is 14.4 Å². The van der Waals surface area contributed by atoms with E-state index in [1.54, 1.807) is 32.9 Å². The molecule has 2 amide bonds. The van der Waals surface area contributed by atoms with Crippen molar-refractivity contribution in [3.05, 3.63) is 27.6 Å². The molecule has 0 atom stereocenters. The summed E-state index contributed by atoms with van der Waals surface area (Å²) in [5, 5.41) is -0.223. The number of benzene rings is 1. The van der Waals surface area contributed by atoms with E-state index < -0.39 is 29.3 Å². The van der Waals surface area contributed by atoms with Crippen molar-refractivity contribution in [2.24, 2.45) is 0 Å². The third-order valence-electron chi connectivity index (χ3n) is 3.41. The molecule has 0 saturated carbocycles. The summed E-state index contributed by atoms with van der Waals surface area (Å²) in [4.78, 5) is 37.7. The van der Waals surface area contributed by atoms with Crippen LogP contribution in [-0.4, -0.2) is 47.9 Å². The number of carbonyl (C=O) groups is 3. The Kier molecular flexibility index (Phi) is 7.01. The minimum atomic E-state index is -0.704. The van der Waals surface area contributed by atoms with Crippen molar-refractivity contribution in [1.82, 2.24) is 4.90 Å². The molecule has 0 radical (unpaired) electrons. The molecular formula is C19H22ClNO6S. The van der Waals surface area contributed by atoms with E-state index in [0.29, 0.717) is 28.7 Å². The lowest BCUT2D eigenvalue weighted by Crippen LogP contribution is -2.37. The van der Waals surface area contributed by atoms with Gasteiger partial charge in [-0.25, -0.2) is 0 Å². The molecule has 0 aromatic heterocycles. The van der Waals surface area contributed by atoms with E-state index in [1.807, 2.05) is 6.92 Å². The minimum absolute atomic E-state index is 0.178. The molecule has 1 aromatic rings.